The fourth-order valence-electron chi connectivity index (χ4n) is 17.1. The van der Waals surface area contributed by atoms with Gasteiger partial charge in [0.2, 0.25) is 0 Å². The normalized spacial score (nSPS) is 14.4. The van der Waals surface area contributed by atoms with Gasteiger partial charge in [-0.25, -0.2) is 0 Å². The molecule has 0 spiro atoms. The molecule has 496 valence electrons. The van der Waals surface area contributed by atoms with Crippen LogP contribution in [-0.4, -0.2) is 18.0 Å². The van der Waals surface area contributed by atoms with E-state index in [0.717, 1.165) is 28.6 Å². The summed E-state index contributed by atoms with van der Waals surface area (Å²) in [5, 5.41) is 2.60. The molecule has 0 atom stereocenters. The summed E-state index contributed by atoms with van der Waals surface area (Å²) in [5.74, 6) is 1.82. The molecule has 4 aliphatic heterocycles. The Labute approximate surface area is 587 Å². The monoisotopic (exact) mass is 1290 g/mol. The molecule has 0 radical (unpaired) electrons. The van der Waals surface area contributed by atoms with Crippen LogP contribution in [0.3, 0.4) is 0 Å². The van der Waals surface area contributed by atoms with E-state index in [4.69, 9.17) is 4.74 Å². The molecule has 15 rings (SSSR count). The van der Waals surface area contributed by atoms with E-state index < -0.39 is 0 Å². The molecule has 0 N–H and O–H groups in total. The third-order valence-corrected chi connectivity index (χ3v) is 22.3. The molecular weight excluding hydrogens is 1180 g/mol. The molecular formula is C92H101B2N3O. The van der Waals surface area contributed by atoms with Gasteiger partial charge in [-0.3, -0.25) is 0 Å². The molecule has 11 aromatic rings. The van der Waals surface area contributed by atoms with Gasteiger partial charge >= 0.3 is 0 Å². The lowest BCUT2D eigenvalue weighted by molar-refractivity contribution is 0.487. The molecule has 0 fully saturated rings. The standard InChI is InChI=1S/C92H101B2N3O/c1-52-38-54(3)81(67(40-52)91(20,21)22)56-42-76-83-77(43-56)96(64-34-28-59(29-35-64)87(8,9)10)75-51-79-71(50-70(75)93(83)69-48-61(89(14,15)16)31-37-74(69)95(76)63-32-26-58(27-33-63)86(5,6)7)94-72-49-62(90(17,18)19)47-66-65-46-60(88(11,12)13)30-36-73(65)97(85(66)72)78-44-57(45-80(98-79)84(78)94)82-55(4)39-53(2)41-68(82)92(23,24)25/h26-51H,1-25H3. The quantitative estimate of drug-likeness (QED) is 0.164. The number of aromatic nitrogens is 1. The van der Waals surface area contributed by atoms with Gasteiger partial charge in [0.05, 0.1) is 5.52 Å². The highest BCUT2D eigenvalue weighted by atomic mass is 16.5. The van der Waals surface area contributed by atoms with Crippen molar-refractivity contribution in [2.45, 2.75) is 211 Å². The van der Waals surface area contributed by atoms with Crippen LogP contribution in [0, 0.1) is 27.7 Å². The maximum Gasteiger partial charge on any atom is 0.256 e. The van der Waals surface area contributed by atoms with Crippen LogP contribution in [0.2, 0.25) is 0 Å². The second-order valence-corrected chi connectivity index (χ2v) is 37.1. The van der Waals surface area contributed by atoms with Gasteiger partial charge < -0.3 is 19.1 Å². The number of ether oxygens (including phenoxy) is 1. The summed E-state index contributed by atoms with van der Waals surface area (Å²) in [4.78, 5) is 5.26. The van der Waals surface area contributed by atoms with Gasteiger partial charge in [0.1, 0.15) is 11.5 Å². The van der Waals surface area contributed by atoms with Crippen molar-refractivity contribution in [3.05, 3.63) is 219 Å². The van der Waals surface area contributed by atoms with Crippen molar-refractivity contribution in [2.24, 2.45) is 0 Å². The zero-order chi connectivity index (χ0) is 70.1. The molecule has 0 bridgehead atoms. The number of hydrogen-bond acceptors (Lipinski definition) is 3. The fourth-order valence-corrected chi connectivity index (χ4v) is 17.1. The highest BCUT2D eigenvalue weighted by molar-refractivity contribution is 7.02. The molecule has 4 aliphatic rings. The minimum absolute atomic E-state index is 0.0178. The van der Waals surface area contributed by atoms with Crippen molar-refractivity contribution in [3.63, 3.8) is 0 Å². The predicted octanol–water partition coefficient (Wildman–Crippen LogP) is 21.5. The zero-order valence-electron chi connectivity index (χ0n) is 63.4. The fraction of sp³-hybridized carbons (Fsp3) is 0.348. The third kappa shape index (κ3) is 10.4. The number of anilines is 6. The van der Waals surface area contributed by atoms with Crippen LogP contribution in [-0.2, 0) is 37.9 Å². The average Bonchev–Trinajstić information content (AvgIpc) is 1.35. The van der Waals surface area contributed by atoms with E-state index in [-0.39, 0.29) is 51.3 Å². The van der Waals surface area contributed by atoms with Gasteiger partial charge in [-0.05, 0) is 243 Å². The van der Waals surface area contributed by atoms with E-state index in [1.807, 2.05) is 0 Å². The summed E-state index contributed by atoms with van der Waals surface area (Å²) in [6.45, 7) is 58.3. The molecule has 5 heterocycles. The highest BCUT2D eigenvalue weighted by Gasteiger charge is 2.49. The Morgan fingerprint density at radius 1 is 0.306 bits per heavy atom. The first-order chi connectivity index (χ1) is 45.6. The molecule has 0 aliphatic carbocycles. The van der Waals surface area contributed by atoms with Crippen molar-refractivity contribution < 1.29 is 4.74 Å². The lowest BCUT2D eigenvalue weighted by atomic mass is 9.30. The summed E-state index contributed by atoms with van der Waals surface area (Å²) in [5.41, 5.74) is 37.1. The van der Waals surface area contributed by atoms with Crippen LogP contribution >= 0.6 is 0 Å². The Bertz CT molecular complexity index is 5200. The maximum absolute atomic E-state index is 8.01. The highest BCUT2D eigenvalue weighted by Crippen LogP contribution is 2.52. The first-order valence-electron chi connectivity index (χ1n) is 36.2. The van der Waals surface area contributed by atoms with Crippen molar-refractivity contribution >= 4 is 102 Å². The number of aryl methyl sites for hydroxylation is 4. The van der Waals surface area contributed by atoms with Crippen LogP contribution in [0.4, 0.5) is 34.1 Å². The van der Waals surface area contributed by atoms with E-state index in [2.05, 4.69) is 345 Å². The average molecular weight is 1290 g/mol. The zero-order valence-corrected chi connectivity index (χ0v) is 63.4. The maximum atomic E-state index is 8.01. The van der Waals surface area contributed by atoms with Gasteiger partial charge in [-0.1, -0.05) is 235 Å². The number of hydrogen-bond donors (Lipinski definition) is 0. The van der Waals surface area contributed by atoms with Crippen molar-refractivity contribution in [2.75, 3.05) is 9.80 Å². The molecule has 0 saturated heterocycles. The Morgan fingerprint density at radius 2 is 0.735 bits per heavy atom. The smallest absolute Gasteiger partial charge is 0.256 e. The Balaban J connectivity index is 1.10. The van der Waals surface area contributed by atoms with Gasteiger partial charge in [0.25, 0.3) is 13.4 Å². The van der Waals surface area contributed by atoms with Crippen LogP contribution in [0.5, 0.6) is 11.5 Å². The number of fused-ring (bicyclic) bond motifs is 11. The summed E-state index contributed by atoms with van der Waals surface area (Å²) in [6, 6.07) is 63.8. The second-order valence-electron chi connectivity index (χ2n) is 37.1. The van der Waals surface area contributed by atoms with Gasteiger partial charge in [0.15, 0.2) is 0 Å². The van der Waals surface area contributed by atoms with Crippen molar-refractivity contribution in [1.82, 2.24) is 4.57 Å². The van der Waals surface area contributed by atoms with E-state index in [0.29, 0.717) is 0 Å². The van der Waals surface area contributed by atoms with Crippen LogP contribution in [0.25, 0.3) is 49.7 Å². The molecule has 10 aromatic carbocycles. The summed E-state index contributed by atoms with van der Waals surface area (Å²) in [7, 11) is 0. The molecule has 98 heavy (non-hydrogen) atoms. The van der Waals surface area contributed by atoms with Crippen molar-refractivity contribution in [3.8, 4) is 39.4 Å². The second kappa shape index (κ2) is 21.5. The minimum Gasteiger partial charge on any atom is -0.458 e. The van der Waals surface area contributed by atoms with Crippen LogP contribution < -0.4 is 47.3 Å². The molecule has 6 heteroatoms. The summed E-state index contributed by atoms with van der Waals surface area (Å²) in [6.07, 6.45) is 0. The number of rotatable bonds is 4. The molecule has 0 unspecified atom stereocenters. The Morgan fingerprint density at radius 3 is 1.24 bits per heavy atom. The van der Waals surface area contributed by atoms with Gasteiger partial charge in [-0.15, -0.1) is 0 Å². The summed E-state index contributed by atoms with van der Waals surface area (Å²) < 4.78 is 10.7. The minimum atomic E-state index is -0.169. The third-order valence-electron chi connectivity index (χ3n) is 22.3. The van der Waals surface area contributed by atoms with Gasteiger partial charge in [0, 0.05) is 62.2 Å². The lowest BCUT2D eigenvalue weighted by Gasteiger charge is -2.46. The predicted molar refractivity (Wildman–Crippen MR) is 427 cm³/mol. The van der Waals surface area contributed by atoms with E-state index in [1.54, 1.807) is 0 Å². The van der Waals surface area contributed by atoms with Crippen LogP contribution in [0.15, 0.2) is 158 Å². The van der Waals surface area contributed by atoms with Gasteiger partial charge in [-0.2, -0.15) is 0 Å². The van der Waals surface area contributed by atoms with E-state index in [9.17, 15) is 0 Å². The molecule has 0 amide bonds. The first kappa shape index (κ1) is 65.5. The SMILES string of the molecule is Cc1cc(C)c(-c2cc3c4c(c2)N(c2ccc(C(C)(C)C)cc2)c2cc5c(cc2B4c2cc(C(C)(C)C)ccc2N3c2ccc(C(C)(C)C)cc2)B2c3c(cc(-c4c(C)cc(C)cc4C(C)(C)C)cc3-n3c4ccc(C(C)(C)C)cc4c4cc(C(C)(C)C)cc2c43)O5)c(C(C)(C)C)c1. The largest absolute Gasteiger partial charge is 0.458 e. The topological polar surface area (TPSA) is 20.6 Å². The summed E-state index contributed by atoms with van der Waals surface area (Å²) >= 11 is 0. The Kier molecular flexibility index (Phi) is 14.4. The lowest BCUT2D eigenvalue weighted by Crippen LogP contribution is -2.64. The Hall–Kier alpha value is -8.47. The number of nitrogens with zero attached hydrogens (tertiary/aromatic N) is 3. The van der Waals surface area contributed by atoms with Crippen LogP contribution in [0.1, 0.15) is 207 Å². The van der Waals surface area contributed by atoms with E-state index in [1.165, 1.54) is 161 Å². The molecule has 0 saturated carbocycles. The first-order valence-corrected chi connectivity index (χ1v) is 36.2. The van der Waals surface area contributed by atoms with E-state index >= 15 is 0 Å². The number of benzene rings is 10. The molecule has 1 aromatic heterocycles. The van der Waals surface area contributed by atoms with Crippen molar-refractivity contribution in [1.29, 1.82) is 0 Å². The molecule has 4 nitrogen and oxygen atoms in total.